The first kappa shape index (κ1) is 66.3. The third-order valence-electron chi connectivity index (χ3n) is 12.3. The van der Waals surface area contributed by atoms with Gasteiger partial charge in [0, 0.05) is 19.3 Å². The van der Waals surface area contributed by atoms with Crippen molar-refractivity contribution >= 4 is 17.9 Å². The highest BCUT2D eigenvalue weighted by Crippen LogP contribution is 2.14. The molecule has 0 saturated heterocycles. The third kappa shape index (κ3) is 55.3. The molecule has 6 heteroatoms. The minimum absolute atomic E-state index is 0.0991. The minimum Gasteiger partial charge on any atom is -0.462 e. The zero-order chi connectivity index (χ0) is 50.7. The van der Waals surface area contributed by atoms with Gasteiger partial charge in [-0.05, 0) is 122 Å². The van der Waals surface area contributed by atoms with Gasteiger partial charge in [-0.1, -0.05) is 227 Å². The quantitative estimate of drug-likeness (QED) is 0.0262. The van der Waals surface area contributed by atoms with E-state index in [-0.39, 0.29) is 31.1 Å². The summed E-state index contributed by atoms with van der Waals surface area (Å²) in [5, 5.41) is 0. The lowest BCUT2D eigenvalue weighted by Crippen LogP contribution is -2.30. The molecule has 0 radical (unpaired) electrons. The molecule has 0 amide bonds. The molecule has 0 aliphatic heterocycles. The van der Waals surface area contributed by atoms with Gasteiger partial charge in [0.15, 0.2) is 6.10 Å². The molecule has 0 aromatic heterocycles. The number of allylic oxidation sites excluding steroid dienone is 16. The molecule has 1 atom stereocenters. The highest BCUT2D eigenvalue weighted by molar-refractivity contribution is 5.71. The van der Waals surface area contributed by atoms with Crippen LogP contribution in [0.5, 0.6) is 0 Å². The number of unbranched alkanes of at least 4 members (excludes halogenated alkanes) is 25. The molecular formula is C64H108O6. The Morgan fingerprint density at radius 1 is 0.300 bits per heavy atom. The molecule has 0 fully saturated rings. The van der Waals surface area contributed by atoms with E-state index in [0.717, 1.165) is 116 Å². The number of hydrogen-bond acceptors (Lipinski definition) is 6. The average molecular weight is 974 g/mol. The first-order valence-electron chi connectivity index (χ1n) is 29.2. The predicted octanol–water partition coefficient (Wildman–Crippen LogP) is 19.7. The molecule has 0 rings (SSSR count). The smallest absolute Gasteiger partial charge is 0.306 e. The summed E-state index contributed by atoms with van der Waals surface area (Å²) >= 11 is 0. The summed E-state index contributed by atoms with van der Waals surface area (Å²) in [5.74, 6) is -0.956. The van der Waals surface area contributed by atoms with Crippen LogP contribution < -0.4 is 0 Å². The van der Waals surface area contributed by atoms with Gasteiger partial charge < -0.3 is 14.2 Å². The van der Waals surface area contributed by atoms with Crippen LogP contribution in [-0.4, -0.2) is 37.2 Å². The van der Waals surface area contributed by atoms with Crippen LogP contribution in [0.3, 0.4) is 0 Å². The fourth-order valence-corrected chi connectivity index (χ4v) is 7.91. The first-order chi connectivity index (χ1) is 34.5. The Balaban J connectivity index is 4.48. The van der Waals surface area contributed by atoms with E-state index in [0.29, 0.717) is 19.3 Å². The molecular weight excluding hydrogens is 865 g/mol. The summed E-state index contributed by atoms with van der Waals surface area (Å²) in [6.45, 7) is 6.48. The number of esters is 3. The second-order valence-electron chi connectivity index (χ2n) is 19.2. The van der Waals surface area contributed by atoms with Crippen molar-refractivity contribution in [1.82, 2.24) is 0 Å². The summed E-state index contributed by atoms with van der Waals surface area (Å²) in [7, 11) is 0. The molecule has 0 aliphatic rings. The molecule has 1 unspecified atom stereocenters. The van der Waals surface area contributed by atoms with E-state index in [1.165, 1.54) is 116 Å². The second kappa shape index (κ2) is 57.9. The van der Waals surface area contributed by atoms with Crippen molar-refractivity contribution in [1.29, 1.82) is 0 Å². The summed E-state index contributed by atoms with van der Waals surface area (Å²) in [6, 6.07) is 0. The minimum atomic E-state index is -0.804. The topological polar surface area (TPSA) is 78.9 Å². The maximum Gasteiger partial charge on any atom is 0.306 e. The van der Waals surface area contributed by atoms with E-state index < -0.39 is 6.10 Å². The van der Waals surface area contributed by atoms with Crippen molar-refractivity contribution in [3.8, 4) is 0 Å². The summed E-state index contributed by atoms with van der Waals surface area (Å²) in [6.07, 6.45) is 76.8. The molecule has 0 saturated carbocycles. The van der Waals surface area contributed by atoms with Crippen molar-refractivity contribution in [3.63, 3.8) is 0 Å². The second-order valence-corrected chi connectivity index (χ2v) is 19.2. The average Bonchev–Trinajstić information content (AvgIpc) is 3.36. The van der Waals surface area contributed by atoms with Crippen molar-refractivity contribution < 1.29 is 28.6 Å². The van der Waals surface area contributed by atoms with Gasteiger partial charge in [0.05, 0.1) is 0 Å². The van der Waals surface area contributed by atoms with Crippen LogP contribution in [-0.2, 0) is 28.6 Å². The van der Waals surface area contributed by atoms with Crippen LogP contribution in [0.15, 0.2) is 97.2 Å². The van der Waals surface area contributed by atoms with Crippen LogP contribution in [0.1, 0.15) is 271 Å². The highest BCUT2D eigenvalue weighted by atomic mass is 16.6. The Morgan fingerprint density at radius 3 is 0.914 bits per heavy atom. The van der Waals surface area contributed by atoms with Crippen molar-refractivity contribution in [3.05, 3.63) is 97.2 Å². The molecule has 70 heavy (non-hydrogen) atoms. The monoisotopic (exact) mass is 973 g/mol. The Kier molecular flexibility index (Phi) is 54.9. The normalized spacial score (nSPS) is 12.8. The van der Waals surface area contributed by atoms with Crippen molar-refractivity contribution in [2.45, 2.75) is 277 Å². The Bertz CT molecular complexity index is 1400. The van der Waals surface area contributed by atoms with Gasteiger partial charge in [0.2, 0.25) is 0 Å². The van der Waals surface area contributed by atoms with Gasteiger partial charge in [0.25, 0.3) is 0 Å². The van der Waals surface area contributed by atoms with Crippen LogP contribution in [0.4, 0.5) is 0 Å². The van der Waals surface area contributed by atoms with Gasteiger partial charge in [0.1, 0.15) is 13.2 Å². The van der Waals surface area contributed by atoms with E-state index in [9.17, 15) is 14.4 Å². The third-order valence-corrected chi connectivity index (χ3v) is 12.3. The van der Waals surface area contributed by atoms with E-state index in [4.69, 9.17) is 14.2 Å². The van der Waals surface area contributed by atoms with Gasteiger partial charge in [-0.15, -0.1) is 0 Å². The van der Waals surface area contributed by atoms with Crippen molar-refractivity contribution in [2.24, 2.45) is 0 Å². The molecule has 0 aliphatic carbocycles. The Labute approximate surface area is 432 Å². The van der Waals surface area contributed by atoms with Crippen LogP contribution in [0.25, 0.3) is 0 Å². The van der Waals surface area contributed by atoms with Gasteiger partial charge in [-0.2, -0.15) is 0 Å². The molecule has 0 N–H and O–H groups in total. The van der Waals surface area contributed by atoms with E-state index in [2.05, 4.69) is 118 Å². The summed E-state index contributed by atoms with van der Waals surface area (Å²) in [4.78, 5) is 38.2. The van der Waals surface area contributed by atoms with Gasteiger partial charge in [-0.3, -0.25) is 14.4 Å². The Hall–Kier alpha value is -3.67. The van der Waals surface area contributed by atoms with Gasteiger partial charge >= 0.3 is 17.9 Å². The Morgan fingerprint density at radius 2 is 0.557 bits per heavy atom. The zero-order valence-corrected chi connectivity index (χ0v) is 45.8. The maximum atomic E-state index is 12.9. The molecule has 0 aromatic carbocycles. The molecule has 6 nitrogen and oxygen atoms in total. The van der Waals surface area contributed by atoms with Gasteiger partial charge in [-0.25, -0.2) is 0 Å². The number of hydrogen-bond donors (Lipinski definition) is 0. The fourth-order valence-electron chi connectivity index (χ4n) is 7.91. The molecule has 0 spiro atoms. The predicted molar refractivity (Wildman–Crippen MR) is 302 cm³/mol. The van der Waals surface area contributed by atoms with Crippen LogP contribution in [0, 0.1) is 0 Å². The molecule has 400 valence electrons. The van der Waals surface area contributed by atoms with E-state index >= 15 is 0 Å². The highest BCUT2D eigenvalue weighted by Gasteiger charge is 2.19. The molecule has 0 bridgehead atoms. The lowest BCUT2D eigenvalue weighted by molar-refractivity contribution is -0.167. The van der Waals surface area contributed by atoms with E-state index in [1.54, 1.807) is 0 Å². The van der Waals surface area contributed by atoms with Crippen molar-refractivity contribution in [2.75, 3.05) is 13.2 Å². The number of carbonyl (C=O) groups excluding carboxylic acids is 3. The van der Waals surface area contributed by atoms with Crippen LogP contribution in [0.2, 0.25) is 0 Å². The number of carbonyl (C=O) groups is 3. The number of rotatable bonds is 52. The fraction of sp³-hybridized carbons (Fsp3) is 0.703. The molecule has 0 aromatic rings. The largest absolute Gasteiger partial charge is 0.462 e. The van der Waals surface area contributed by atoms with Crippen LogP contribution >= 0.6 is 0 Å². The lowest BCUT2D eigenvalue weighted by atomic mass is 10.1. The maximum absolute atomic E-state index is 12.9. The first-order valence-corrected chi connectivity index (χ1v) is 29.2. The molecule has 0 heterocycles. The SMILES string of the molecule is CC/C=C\C/C=C\C/C=C\C/C=C\C/C=C\C/C=C\CCCCC(=O)OCC(COC(=O)CCCCCCC/C=C\CCCCCCCC)OC(=O)CCCCCCC/C=C\CCCCCCCCC. The summed E-state index contributed by atoms with van der Waals surface area (Å²) in [5.41, 5.74) is 0. The lowest BCUT2D eigenvalue weighted by Gasteiger charge is -2.18. The zero-order valence-electron chi connectivity index (χ0n) is 45.8. The summed E-state index contributed by atoms with van der Waals surface area (Å²) < 4.78 is 16.8. The number of ether oxygens (including phenoxy) is 3. The van der Waals surface area contributed by atoms with E-state index in [1.807, 2.05) is 0 Å². The standard InChI is InChI=1S/C64H108O6/c1-4-7-10-13-16-19-22-25-28-30-31-32-33-34-37-39-42-45-48-51-54-57-63(66)69-60-61(59-68-62(65)56-53-50-47-44-41-38-35-27-24-21-18-15-12-9-6-3)70-64(67)58-55-52-49-46-43-40-36-29-26-23-20-17-14-11-8-5-2/h7,10,16,19,25,27-29,31-32,34-37,42,45,61H,4-6,8-9,11-15,17-18,20-24,26,30,33,38-41,43-44,46-60H2,1-3H3/b10-7-,19-16-,28-25-,32-31-,35-27-,36-29-,37-34-,45-42-.